The number of nitrogens with two attached hydrogens (primary N) is 1. The van der Waals surface area contributed by atoms with Crippen molar-refractivity contribution in [3.63, 3.8) is 0 Å². The second-order valence-corrected chi connectivity index (χ2v) is 5.18. The second-order valence-electron chi connectivity index (χ2n) is 5.18. The molecule has 0 radical (unpaired) electrons. The molecule has 1 rings (SSSR count). The monoisotopic (exact) mass is 397 g/mol. The van der Waals surface area contributed by atoms with Crippen molar-refractivity contribution >= 4 is 35.9 Å². The zero-order chi connectivity index (χ0) is 14.1. The van der Waals surface area contributed by atoms with E-state index in [1.807, 2.05) is 7.05 Å². The van der Waals surface area contributed by atoms with Gasteiger partial charge in [-0.25, -0.2) is 0 Å². The topological polar surface area (TPSA) is 67.9 Å². The Kier molecular flexibility index (Phi) is 10.9. The summed E-state index contributed by atoms with van der Waals surface area (Å²) >= 11 is 0. The summed E-state index contributed by atoms with van der Waals surface area (Å²) < 4.78 is 4.59. The second kappa shape index (κ2) is 11.2. The molecule has 2 N–H and O–H groups in total. The standard InChI is InChI=1S/C14H27N3O2.HI/c1-17(12-9-10-12)14(15)16-11-7-5-3-4-6-8-13(18)19-2;/h12H,3-11H2,1-2H3,(H2,15,16);1H. The van der Waals surface area contributed by atoms with Gasteiger partial charge in [0.05, 0.1) is 7.11 Å². The average Bonchev–Trinajstić information content (AvgIpc) is 3.24. The van der Waals surface area contributed by atoms with Crippen LogP contribution in [0.15, 0.2) is 4.99 Å². The Hall–Kier alpha value is -0.530. The summed E-state index contributed by atoms with van der Waals surface area (Å²) in [5, 5.41) is 0. The third-order valence-electron chi connectivity index (χ3n) is 3.50. The first-order valence-electron chi connectivity index (χ1n) is 7.24. The number of unbranched alkanes of at least 4 members (excludes halogenated alkanes) is 4. The summed E-state index contributed by atoms with van der Waals surface area (Å²) in [4.78, 5) is 17.4. The number of carbonyl (C=O) groups excluding carboxylic acids is 1. The van der Waals surface area contributed by atoms with Gasteiger partial charge in [0.15, 0.2) is 5.96 Å². The highest BCUT2D eigenvalue weighted by Gasteiger charge is 2.27. The van der Waals surface area contributed by atoms with Crippen LogP contribution in [0.25, 0.3) is 0 Å². The Labute approximate surface area is 139 Å². The molecule has 0 bridgehead atoms. The highest BCUT2D eigenvalue weighted by atomic mass is 127. The maximum Gasteiger partial charge on any atom is 0.305 e. The van der Waals surface area contributed by atoms with Crippen LogP contribution >= 0.6 is 24.0 Å². The Morgan fingerprint density at radius 3 is 2.45 bits per heavy atom. The first-order valence-corrected chi connectivity index (χ1v) is 7.24. The molecule has 5 nitrogen and oxygen atoms in total. The van der Waals surface area contributed by atoms with Gasteiger partial charge in [0, 0.05) is 26.1 Å². The fraction of sp³-hybridized carbons (Fsp3) is 0.857. The van der Waals surface area contributed by atoms with Crippen LogP contribution in [0.5, 0.6) is 0 Å². The first-order chi connectivity index (χ1) is 9.15. The molecule has 1 saturated carbocycles. The molecule has 0 spiro atoms. The molecule has 0 aromatic carbocycles. The van der Waals surface area contributed by atoms with Crippen LogP contribution in [0.4, 0.5) is 0 Å². The van der Waals surface area contributed by atoms with Gasteiger partial charge < -0.3 is 15.4 Å². The van der Waals surface area contributed by atoms with Gasteiger partial charge in [-0.05, 0) is 25.7 Å². The van der Waals surface area contributed by atoms with Crippen molar-refractivity contribution < 1.29 is 9.53 Å². The number of methoxy groups -OCH3 is 1. The van der Waals surface area contributed by atoms with Crippen molar-refractivity contribution in [3.8, 4) is 0 Å². The average molecular weight is 397 g/mol. The first kappa shape index (κ1) is 19.5. The minimum absolute atomic E-state index is 0. The zero-order valence-electron chi connectivity index (χ0n) is 12.6. The minimum Gasteiger partial charge on any atom is -0.469 e. The third-order valence-corrected chi connectivity index (χ3v) is 3.50. The maximum absolute atomic E-state index is 10.9. The molecule has 0 atom stereocenters. The molecule has 1 fully saturated rings. The lowest BCUT2D eigenvalue weighted by molar-refractivity contribution is -0.140. The van der Waals surface area contributed by atoms with Gasteiger partial charge in [0.1, 0.15) is 0 Å². The van der Waals surface area contributed by atoms with E-state index in [0.29, 0.717) is 18.4 Å². The quantitative estimate of drug-likeness (QED) is 0.214. The number of guanidine groups is 1. The van der Waals surface area contributed by atoms with E-state index < -0.39 is 0 Å². The molecule has 0 aromatic heterocycles. The molecular weight excluding hydrogens is 369 g/mol. The Bertz CT molecular complexity index is 307. The third kappa shape index (κ3) is 8.60. The number of hydrogen-bond acceptors (Lipinski definition) is 3. The van der Waals surface area contributed by atoms with E-state index in [-0.39, 0.29) is 29.9 Å². The fourth-order valence-corrected chi connectivity index (χ4v) is 1.97. The summed E-state index contributed by atoms with van der Waals surface area (Å²) in [5.41, 5.74) is 5.89. The molecule has 6 heteroatoms. The molecule has 1 aliphatic rings. The summed E-state index contributed by atoms with van der Waals surface area (Å²) in [6.07, 6.45) is 8.37. The summed E-state index contributed by atoms with van der Waals surface area (Å²) in [7, 11) is 3.45. The van der Waals surface area contributed by atoms with Gasteiger partial charge in [0.25, 0.3) is 0 Å². The number of carbonyl (C=O) groups is 1. The highest BCUT2D eigenvalue weighted by molar-refractivity contribution is 14.0. The number of esters is 1. The predicted octanol–water partition coefficient (Wildman–Crippen LogP) is 2.53. The van der Waals surface area contributed by atoms with Crippen LogP contribution in [0.1, 0.15) is 51.4 Å². The van der Waals surface area contributed by atoms with Gasteiger partial charge in [0.2, 0.25) is 0 Å². The van der Waals surface area contributed by atoms with E-state index in [0.717, 1.165) is 38.6 Å². The Morgan fingerprint density at radius 1 is 1.25 bits per heavy atom. The number of halogens is 1. The minimum atomic E-state index is -0.111. The van der Waals surface area contributed by atoms with Crippen LogP contribution in [0.3, 0.4) is 0 Å². The van der Waals surface area contributed by atoms with Gasteiger partial charge in [-0.1, -0.05) is 19.3 Å². The van der Waals surface area contributed by atoms with E-state index in [9.17, 15) is 4.79 Å². The molecule has 0 aromatic rings. The van der Waals surface area contributed by atoms with Crippen LogP contribution in [0, 0.1) is 0 Å². The Balaban J connectivity index is 0.00000361. The van der Waals surface area contributed by atoms with Gasteiger partial charge in [-0.2, -0.15) is 0 Å². The summed E-state index contributed by atoms with van der Waals surface area (Å²) in [5.74, 6) is 0.564. The summed E-state index contributed by atoms with van der Waals surface area (Å²) in [6, 6.07) is 0.627. The van der Waals surface area contributed by atoms with Crippen molar-refractivity contribution in [2.24, 2.45) is 10.7 Å². The fourth-order valence-electron chi connectivity index (χ4n) is 1.97. The van der Waals surface area contributed by atoms with Crippen molar-refractivity contribution in [3.05, 3.63) is 0 Å². The van der Waals surface area contributed by atoms with E-state index in [2.05, 4.69) is 14.6 Å². The number of ether oxygens (including phenoxy) is 1. The highest BCUT2D eigenvalue weighted by Crippen LogP contribution is 2.24. The number of hydrogen-bond donors (Lipinski definition) is 1. The van der Waals surface area contributed by atoms with Crippen molar-refractivity contribution in [2.75, 3.05) is 20.7 Å². The normalized spacial score (nSPS) is 14.6. The van der Waals surface area contributed by atoms with Gasteiger partial charge in [-0.3, -0.25) is 9.79 Å². The molecule has 0 aliphatic heterocycles. The van der Waals surface area contributed by atoms with Gasteiger partial charge in [-0.15, -0.1) is 24.0 Å². The number of nitrogens with zero attached hydrogens (tertiary/aromatic N) is 2. The van der Waals surface area contributed by atoms with Crippen molar-refractivity contribution in [1.82, 2.24) is 4.90 Å². The van der Waals surface area contributed by atoms with E-state index >= 15 is 0 Å². The predicted molar refractivity (Wildman–Crippen MR) is 92.4 cm³/mol. The molecule has 0 heterocycles. The molecule has 20 heavy (non-hydrogen) atoms. The van der Waals surface area contributed by atoms with Crippen LogP contribution in [0.2, 0.25) is 0 Å². The maximum atomic E-state index is 10.9. The Morgan fingerprint density at radius 2 is 1.85 bits per heavy atom. The smallest absolute Gasteiger partial charge is 0.305 e. The van der Waals surface area contributed by atoms with E-state index in [1.54, 1.807) is 0 Å². The van der Waals surface area contributed by atoms with Gasteiger partial charge >= 0.3 is 5.97 Å². The number of rotatable bonds is 9. The molecule has 0 saturated heterocycles. The molecular formula is C14H28IN3O2. The zero-order valence-corrected chi connectivity index (χ0v) is 15.0. The van der Waals surface area contributed by atoms with Crippen molar-refractivity contribution in [1.29, 1.82) is 0 Å². The van der Waals surface area contributed by atoms with Crippen LogP contribution < -0.4 is 5.73 Å². The lowest BCUT2D eigenvalue weighted by atomic mass is 10.1. The molecule has 0 unspecified atom stereocenters. The largest absolute Gasteiger partial charge is 0.469 e. The van der Waals surface area contributed by atoms with Crippen LogP contribution in [-0.4, -0.2) is 43.6 Å². The van der Waals surface area contributed by atoms with Crippen molar-refractivity contribution in [2.45, 2.75) is 57.4 Å². The lowest BCUT2D eigenvalue weighted by Crippen LogP contribution is -2.35. The molecule has 0 amide bonds. The molecule has 1 aliphatic carbocycles. The SMILES string of the molecule is COC(=O)CCCCCCCN=C(N)N(C)C1CC1.I. The van der Waals surface area contributed by atoms with E-state index in [4.69, 9.17) is 5.73 Å². The number of aliphatic imine (C=N–C) groups is 1. The molecule has 118 valence electrons. The van der Waals surface area contributed by atoms with E-state index in [1.165, 1.54) is 20.0 Å². The lowest BCUT2D eigenvalue weighted by Gasteiger charge is -2.16. The van der Waals surface area contributed by atoms with Crippen LogP contribution in [-0.2, 0) is 9.53 Å². The summed E-state index contributed by atoms with van der Waals surface area (Å²) in [6.45, 7) is 0.805.